The van der Waals surface area contributed by atoms with Crippen LogP contribution < -0.4 is 0 Å². The van der Waals surface area contributed by atoms with Gasteiger partial charge in [0, 0.05) is 13.1 Å². The average molecular weight is 393 g/mol. The minimum Gasteiger partial charge on any atom is -0.481 e. The molecule has 1 fully saturated rings. The van der Waals surface area contributed by atoms with Crippen molar-refractivity contribution in [3.8, 4) is 0 Å². The lowest BCUT2D eigenvalue weighted by Crippen LogP contribution is -2.58. The van der Waals surface area contributed by atoms with E-state index < -0.39 is 44.8 Å². The molecule has 27 heavy (non-hydrogen) atoms. The summed E-state index contributed by atoms with van der Waals surface area (Å²) in [7, 11) is -4.23. The highest BCUT2D eigenvalue weighted by atomic mass is 32.2. The molecule has 3 rings (SSSR count). The maximum absolute atomic E-state index is 14.0. The van der Waals surface area contributed by atoms with Crippen molar-refractivity contribution in [2.24, 2.45) is 5.41 Å². The summed E-state index contributed by atoms with van der Waals surface area (Å²) >= 11 is 0. The first kappa shape index (κ1) is 19.5. The quantitative estimate of drug-likeness (QED) is 0.809. The van der Waals surface area contributed by atoms with Crippen molar-refractivity contribution in [1.29, 1.82) is 0 Å². The van der Waals surface area contributed by atoms with Crippen LogP contribution in [0.1, 0.15) is 12.0 Å². The van der Waals surface area contributed by atoms with E-state index in [0.717, 1.165) is 16.4 Å². The Morgan fingerprint density at radius 3 is 2.41 bits per heavy atom. The molecule has 0 unspecified atom stereocenters. The Hall–Kier alpha value is -2.29. The molecule has 2 N–H and O–H groups in total. The fourth-order valence-electron chi connectivity index (χ4n) is 3.46. The van der Waals surface area contributed by atoms with Crippen LogP contribution in [-0.2, 0) is 21.2 Å². The SMILES string of the molecule is O=C(O)[C@]1(Cc2ccccc2)CN(S(=O)(=O)c2ccccc2F)CC[C@@H]1O. The van der Waals surface area contributed by atoms with E-state index in [1.807, 2.05) is 0 Å². The largest absolute Gasteiger partial charge is 0.481 e. The Morgan fingerprint density at radius 1 is 1.15 bits per heavy atom. The molecule has 1 saturated heterocycles. The number of piperidine rings is 1. The molecule has 2 atom stereocenters. The number of carboxylic acids is 1. The molecule has 144 valence electrons. The van der Waals surface area contributed by atoms with Crippen LogP contribution in [0.4, 0.5) is 4.39 Å². The molecule has 0 aliphatic carbocycles. The van der Waals surface area contributed by atoms with Crippen LogP contribution in [0.5, 0.6) is 0 Å². The van der Waals surface area contributed by atoms with E-state index in [4.69, 9.17) is 0 Å². The van der Waals surface area contributed by atoms with Crippen molar-refractivity contribution in [1.82, 2.24) is 4.31 Å². The zero-order chi connectivity index (χ0) is 19.7. The molecule has 1 aliphatic rings. The van der Waals surface area contributed by atoms with Gasteiger partial charge in [0.15, 0.2) is 0 Å². The van der Waals surface area contributed by atoms with Gasteiger partial charge in [0.25, 0.3) is 0 Å². The lowest BCUT2D eigenvalue weighted by molar-refractivity contribution is -0.160. The van der Waals surface area contributed by atoms with Gasteiger partial charge in [-0.15, -0.1) is 0 Å². The monoisotopic (exact) mass is 393 g/mol. The minimum absolute atomic E-state index is 0.0341. The molecule has 0 bridgehead atoms. The standard InChI is InChI=1S/C19H20FNO5S/c20-15-8-4-5-9-16(15)27(25,26)21-11-10-17(22)19(13-21,18(23)24)12-14-6-2-1-3-7-14/h1-9,17,22H,10-13H2,(H,23,24)/t17-,19+/m0/s1. The van der Waals surface area contributed by atoms with Gasteiger partial charge in [-0.25, -0.2) is 12.8 Å². The summed E-state index contributed by atoms with van der Waals surface area (Å²) in [6.45, 7) is -0.517. The van der Waals surface area contributed by atoms with Gasteiger partial charge in [0.1, 0.15) is 16.1 Å². The fourth-order valence-corrected chi connectivity index (χ4v) is 5.05. The van der Waals surface area contributed by atoms with E-state index in [0.29, 0.717) is 5.56 Å². The van der Waals surface area contributed by atoms with Crippen LogP contribution in [-0.4, -0.2) is 48.1 Å². The summed E-state index contributed by atoms with van der Waals surface area (Å²) < 4.78 is 40.8. The van der Waals surface area contributed by atoms with Gasteiger partial charge < -0.3 is 10.2 Å². The number of sulfonamides is 1. The van der Waals surface area contributed by atoms with Crippen molar-refractivity contribution in [3.63, 3.8) is 0 Å². The summed E-state index contributed by atoms with van der Waals surface area (Å²) in [5.74, 6) is -2.18. The first-order valence-electron chi connectivity index (χ1n) is 8.47. The lowest BCUT2D eigenvalue weighted by Gasteiger charge is -2.42. The molecule has 0 radical (unpaired) electrons. The highest BCUT2D eigenvalue weighted by Crippen LogP contribution is 2.37. The van der Waals surface area contributed by atoms with Crippen molar-refractivity contribution in [2.45, 2.75) is 23.8 Å². The van der Waals surface area contributed by atoms with Gasteiger partial charge in [-0.2, -0.15) is 4.31 Å². The van der Waals surface area contributed by atoms with E-state index in [2.05, 4.69) is 0 Å². The van der Waals surface area contributed by atoms with E-state index in [1.165, 1.54) is 12.1 Å². The number of hydrogen-bond acceptors (Lipinski definition) is 4. The number of aliphatic carboxylic acids is 1. The van der Waals surface area contributed by atoms with Gasteiger partial charge in [-0.1, -0.05) is 42.5 Å². The molecule has 0 spiro atoms. The second kappa shape index (κ2) is 7.38. The fraction of sp³-hybridized carbons (Fsp3) is 0.316. The Kier molecular flexibility index (Phi) is 5.32. The van der Waals surface area contributed by atoms with Crippen LogP contribution in [0.15, 0.2) is 59.5 Å². The first-order chi connectivity index (χ1) is 12.8. The number of rotatable bonds is 5. The van der Waals surface area contributed by atoms with Crippen LogP contribution >= 0.6 is 0 Å². The van der Waals surface area contributed by atoms with Gasteiger partial charge in [0.2, 0.25) is 10.0 Å². The zero-order valence-corrected chi connectivity index (χ0v) is 15.3. The van der Waals surface area contributed by atoms with Gasteiger partial charge >= 0.3 is 5.97 Å². The predicted molar refractivity (Wildman–Crippen MR) is 96.0 cm³/mol. The van der Waals surface area contributed by atoms with Gasteiger partial charge in [-0.05, 0) is 30.5 Å². The molecule has 6 nitrogen and oxygen atoms in total. The summed E-state index contributed by atoms with van der Waals surface area (Å²) in [4.78, 5) is 11.6. The molecular formula is C19H20FNO5S. The van der Waals surface area contributed by atoms with E-state index >= 15 is 0 Å². The van der Waals surface area contributed by atoms with Crippen LogP contribution in [0.3, 0.4) is 0 Å². The second-order valence-corrected chi connectivity index (χ2v) is 8.60. The van der Waals surface area contributed by atoms with Crippen molar-refractivity contribution < 1.29 is 27.8 Å². The first-order valence-corrected chi connectivity index (χ1v) is 9.91. The smallest absolute Gasteiger partial charge is 0.313 e. The van der Waals surface area contributed by atoms with Crippen molar-refractivity contribution in [3.05, 3.63) is 66.0 Å². The van der Waals surface area contributed by atoms with E-state index in [9.17, 15) is 27.8 Å². The third-order valence-corrected chi connectivity index (χ3v) is 6.87. The highest BCUT2D eigenvalue weighted by Gasteiger charge is 2.51. The Bertz CT molecular complexity index is 934. The molecule has 0 amide bonds. The third-order valence-electron chi connectivity index (χ3n) is 4.99. The number of benzene rings is 2. The molecule has 1 heterocycles. The molecular weight excluding hydrogens is 373 g/mol. The van der Waals surface area contributed by atoms with Crippen LogP contribution in [0, 0.1) is 11.2 Å². The zero-order valence-electron chi connectivity index (χ0n) is 14.5. The summed E-state index contributed by atoms with van der Waals surface area (Å²) in [5, 5.41) is 20.4. The lowest BCUT2D eigenvalue weighted by atomic mass is 9.73. The number of hydrogen-bond donors (Lipinski definition) is 2. The van der Waals surface area contributed by atoms with Crippen molar-refractivity contribution in [2.75, 3.05) is 13.1 Å². The molecule has 1 aliphatic heterocycles. The number of aliphatic hydroxyl groups is 1. The Labute approximate surface area is 156 Å². The van der Waals surface area contributed by atoms with Crippen molar-refractivity contribution >= 4 is 16.0 Å². The maximum Gasteiger partial charge on any atom is 0.313 e. The van der Waals surface area contributed by atoms with E-state index in [-0.39, 0.29) is 19.4 Å². The molecule has 2 aromatic carbocycles. The summed E-state index contributed by atoms with van der Waals surface area (Å²) in [6.07, 6.45) is -1.30. The molecule has 0 saturated carbocycles. The maximum atomic E-state index is 14.0. The normalized spacial score (nSPS) is 23.9. The Balaban J connectivity index is 1.99. The number of halogens is 1. The summed E-state index contributed by atoms with van der Waals surface area (Å²) in [5.41, 5.74) is -1.04. The Morgan fingerprint density at radius 2 is 1.78 bits per heavy atom. The average Bonchev–Trinajstić information content (AvgIpc) is 2.64. The molecule has 0 aromatic heterocycles. The minimum atomic E-state index is -4.23. The van der Waals surface area contributed by atoms with Gasteiger partial charge in [-0.3, -0.25) is 4.79 Å². The third kappa shape index (κ3) is 3.60. The molecule has 2 aromatic rings. The molecule has 8 heteroatoms. The van der Waals surface area contributed by atoms with Crippen LogP contribution in [0.25, 0.3) is 0 Å². The van der Waals surface area contributed by atoms with Gasteiger partial charge in [0.05, 0.1) is 6.10 Å². The van der Waals surface area contributed by atoms with Crippen LogP contribution in [0.2, 0.25) is 0 Å². The predicted octanol–water partition coefficient (Wildman–Crippen LogP) is 1.89. The number of carboxylic acid groups (broad SMARTS) is 1. The highest BCUT2D eigenvalue weighted by molar-refractivity contribution is 7.89. The summed E-state index contributed by atoms with van der Waals surface area (Å²) in [6, 6.07) is 13.7. The second-order valence-electron chi connectivity index (χ2n) is 6.70. The number of carbonyl (C=O) groups is 1. The number of nitrogens with zero attached hydrogens (tertiary/aromatic N) is 1. The van der Waals surface area contributed by atoms with E-state index in [1.54, 1.807) is 30.3 Å². The number of aliphatic hydroxyl groups excluding tert-OH is 1. The topological polar surface area (TPSA) is 94.9 Å².